The Balaban J connectivity index is 1.90. The zero-order chi connectivity index (χ0) is 17.3. The zero-order valence-corrected chi connectivity index (χ0v) is 15.5. The van der Waals surface area contributed by atoms with E-state index in [1.54, 1.807) is 42.6 Å². The summed E-state index contributed by atoms with van der Waals surface area (Å²) >= 11 is 6.57. The third-order valence-electron chi connectivity index (χ3n) is 3.61. The van der Waals surface area contributed by atoms with Gasteiger partial charge in [0, 0.05) is 29.5 Å². The van der Waals surface area contributed by atoms with E-state index >= 15 is 0 Å². The van der Waals surface area contributed by atoms with Crippen LogP contribution in [0.25, 0.3) is 10.8 Å². The van der Waals surface area contributed by atoms with E-state index in [1.165, 1.54) is 6.07 Å². The van der Waals surface area contributed by atoms with Gasteiger partial charge in [0.1, 0.15) is 22.9 Å². The lowest BCUT2D eigenvalue weighted by Crippen LogP contribution is -1.87. The molecule has 0 radical (unpaired) electrons. The van der Waals surface area contributed by atoms with Crippen molar-refractivity contribution in [2.24, 2.45) is 4.99 Å². The first-order chi connectivity index (χ1) is 11.5. The number of fused-ring (bicyclic) bond motifs is 1. The van der Waals surface area contributed by atoms with Crippen molar-refractivity contribution in [1.29, 1.82) is 0 Å². The third kappa shape index (κ3) is 3.25. The molecule has 0 spiro atoms. The lowest BCUT2D eigenvalue weighted by molar-refractivity contribution is 0.468. The molecule has 0 aliphatic carbocycles. The molecule has 6 heteroatoms. The molecule has 0 aromatic heterocycles. The predicted octanol–water partition coefficient (Wildman–Crippen LogP) is 5.43. The van der Waals surface area contributed by atoms with Gasteiger partial charge in [0.15, 0.2) is 0 Å². The van der Waals surface area contributed by atoms with Gasteiger partial charge in [-0.25, -0.2) is 0 Å². The van der Waals surface area contributed by atoms with Gasteiger partial charge < -0.3 is 15.3 Å². The van der Waals surface area contributed by atoms with Crippen molar-refractivity contribution in [2.75, 3.05) is 0 Å². The number of aromatic hydroxyl groups is 3. The Bertz CT molecular complexity index is 931. The standard InChI is InChI=1S/C18H13Br2NO3/c19-13-7-10(8-14(20)18(13)24)5-6-21-15-9-16(22)11-3-1-2-4-12(11)17(15)23/h1-4,6-9,22-24H,5H2. The number of phenols is 3. The smallest absolute Gasteiger partial charge is 0.149 e. The molecule has 3 N–H and O–H groups in total. The van der Waals surface area contributed by atoms with E-state index < -0.39 is 0 Å². The maximum atomic E-state index is 10.3. The van der Waals surface area contributed by atoms with Crippen molar-refractivity contribution < 1.29 is 15.3 Å². The van der Waals surface area contributed by atoms with Crippen molar-refractivity contribution in [1.82, 2.24) is 0 Å². The second kappa shape index (κ2) is 6.83. The molecule has 0 amide bonds. The van der Waals surface area contributed by atoms with Crippen LogP contribution in [0.15, 0.2) is 56.4 Å². The number of halogens is 2. The molecule has 122 valence electrons. The monoisotopic (exact) mass is 449 g/mol. The maximum absolute atomic E-state index is 10.3. The normalized spacial score (nSPS) is 11.4. The van der Waals surface area contributed by atoms with Crippen LogP contribution in [0.2, 0.25) is 0 Å². The Kier molecular flexibility index (Phi) is 4.78. The van der Waals surface area contributed by atoms with Crippen LogP contribution in [0.3, 0.4) is 0 Å². The second-order valence-corrected chi connectivity index (χ2v) is 6.94. The summed E-state index contributed by atoms with van der Waals surface area (Å²) in [6.07, 6.45) is 2.15. The topological polar surface area (TPSA) is 73.1 Å². The quantitative estimate of drug-likeness (QED) is 0.368. The highest BCUT2D eigenvalue weighted by molar-refractivity contribution is 9.11. The summed E-state index contributed by atoms with van der Waals surface area (Å²) in [7, 11) is 0. The summed E-state index contributed by atoms with van der Waals surface area (Å²) in [6.45, 7) is 0. The van der Waals surface area contributed by atoms with Gasteiger partial charge in [-0.1, -0.05) is 24.3 Å². The lowest BCUT2D eigenvalue weighted by atomic mass is 10.1. The van der Waals surface area contributed by atoms with E-state index in [1.807, 2.05) is 0 Å². The van der Waals surface area contributed by atoms with Gasteiger partial charge >= 0.3 is 0 Å². The number of benzene rings is 3. The summed E-state index contributed by atoms with van der Waals surface area (Å²) in [5.74, 6) is 0.256. The molecule has 0 fully saturated rings. The highest BCUT2D eigenvalue weighted by Gasteiger charge is 2.10. The molecule has 3 aromatic rings. The van der Waals surface area contributed by atoms with E-state index in [2.05, 4.69) is 36.9 Å². The van der Waals surface area contributed by atoms with Crippen molar-refractivity contribution in [3.63, 3.8) is 0 Å². The summed E-state index contributed by atoms with van der Waals surface area (Å²) in [5, 5.41) is 31.2. The SMILES string of the molecule is Oc1c(Br)cc(CC=Nc2cc(O)c3ccccc3c2O)cc1Br. The molecule has 0 aliphatic heterocycles. The number of rotatable bonds is 3. The average molecular weight is 451 g/mol. The lowest BCUT2D eigenvalue weighted by Gasteiger charge is -2.07. The molecule has 0 heterocycles. The number of phenolic OH excluding ortho intramolecular Hbond substituents is 3. The van der Waals surface area contributed by atoms with Gasteiger partial charge in [-0.3, -0.25) is 4.99 Å². The van der Waals surface area contributed by atoms with Crippen LogP contribution >= 0.6 is 31.9 Å². The van der Waals surface area contributed by atoms with E-state index in [4.69, 9.17) is 0 Å². The Hall–Kier alpha value is -2.05. The Labute approximate surface area is 155 Å². The molecular weight excluding hydrogens is 438 g/mol. The molecule has 0 atom stereocenters. The molecule has 3 rings (SSSR count). The molecule has 0 aliphatic rings. The van der Waals surface area contributed by atoms with E-state index in [9.17, 15) is 15.3 Å². The van der Waals surface area contributed by atoms with Crippen LogP contribution in [0, 0.1) is 0 Å². The van der Waals surface area contributed by atoms with E-state index in [-0.39, 0.29) is 17.2 Å². The molecule has 0 saturated heterocycles. The summed E-state index contributed by atoms with van der Waals surface area (Å²) in [6, 6.07) is 12.1. The van der Waals surface area contributed by atoms with Gasteiger partial charge in [-0.05, 0) is 49.6 Å². The maximum Gasteiger partial charge on any atom is 0.149 e. The zero-order valence-electron chi connectivity index (χ0n) is 12.4. The number of nitrogens with zero attached hydrogens (tertiary/aromatic N) is 1. The van der Waals surface area contributed by atoms with E-state index in [0.29, 0.717) is 31.8 Å². The molecule has 3 aromatic carbocycles. The molecule has 0 bridgehead atoms. The minimum absolute atomic E-state index is 0.0349. The van der Waals surface area contributed by atoms with Crippen LogP contribution < -0.4 is 0 Å². The number of aliphatic imine (C=N–C) groups is 1. The molecule has 0 unspecified atom stereocenters. The Morgan fingerprint density at radius 1 is 0.875 bits per heavy atom. The van der Waals surface area contributed by atoms with Crippen LogP contribution in [0.1, 0.15) is 5.56 Å². The first kappa shape index (κ1) is 16.8. The minimum atomic E-state index is 0.0349. The first-order valence-corrected chi connectivity index (χ1v) is 8.69. The van der Waals surface area contributed by atoms with Crippen molar-refractivity contribution in [3.8, 4) is 17.2 Å². The van der Waals surface area contributed by atoms with Crippen LogP contribution in [0.5, 0.6) is 17.2 Å². The van der Waals surface area contributed by atoms with Gasteiger partial charge in [0.25, 0.3) is 0 Å². The van der Waals surface area contributed by atoms with Gasteiger partial charge in [0.05, 0.1) is 8.95 Å². The van der Waals surface area contributed by atoms with Crippen molar-refractivity contribution in [2.45, 2.75) is 6.42 Å². The van der Waals surface area contributed by atoms with Gasteiger partial charge in [-0.2, -0.15) is 0 Å². The number of hydrogen-bond donors (Lipinski definition) is 3. The van der Waals surface area contributed by atoms with Gasteiger partial charge in [-0.15, -0.1) is 0 Å². The van der Waals surface area contributed by atoms with Crippen molar-refractivity contribution >= 4 is 54.5 Å². The first-order valence-electron chi connectivity index (χ1n) is 7.10. The Morgan fingerprint density at radius 3 is 2.17 bits per heavy atom. The van der Waals surface area contributed by atoms with Crippen LogP contribution in [-0.4, -0.2) is 21.5 Å². The number of hydrogen-bond acceptors (Lipinski definition) is 4. The molecule has 24 heavy (non-hydrogen) atoms. The van der Waals surface area contributed by atoms with Crippen molar-refractivity contribution in [3.05, 3.63) is 57.0 Å². The largest absolute Gasteiger partial charge is 0.507 e. The van der Waals surface area contributed by atoms with Crippen LogP contribution in [-0.2, 0) is 6.42 Å². The van der Waals surface area contributed by atoms with Crippen LogP contribution in [0.4, 0.5) is 5.69 Å². The second-order valence-electron chi connectivity index (χ2n) is 5.23. The minimum Gasteiger partial charge on any atom is -0.507 e. The third-order valence-corrected chi connectivity index (χ3v) is 4.82. The molecule has 4 nitrogen and oxygen atoms in total. The summed E-state index contributed by atoms with van der Waals surface area (Å²) in [4.78, 5) is 4.27. The summed E-state index contributed by atoms with van der Waals surface area (Å²) < 4.78 is 1.18. The fourth-order valence-electron chi connectivity index (χ4n) is 2.41. The average Bonchev–Trinajstić information content (AvgIpc) is 2.57. The highest BCUT2D eigenvalue weighted by Crippen LogP contribution is 2.40. The highest BCUT2D eigenvalue weighted by atomic mass is 79.9. The van der Waals surface area contributed by atoms with Gasteiger partial charge in [0.2, 0.25) is 0 Å². The predicted molar refractivity (Wildman–Crippen MR) is 103 cm³/mol. The fraction of sp³-hybridized carbons (Fsp3) is 0.0556. The summed E-state index contributed by atoms with van der Waals surface area (Å²) in [5.41, 5.74) is 1.24. The molecular formula is C18H13Br2NO3. The molecule has 0 saturated carbocycles. The Morgan fingerprint density at radius 2 is 1.50 bits per heavy atom. The fourth-order valence-corrected chi connectivity index (χ4v) is 3.69. The van der Waals surface area contributed by atoms with E-state index in [0.717, 1.165) is 5.56 Å².